The second kappa shape index (κ2) is 51.0. The lowest BCUT2D eigenvalue weighted by Crippen LogP contribution is -2.18. The van der Waals surface area contributed by atoms with E-state index in [0.717, 1.165) is 130 Å². The fourth-order valence-electron chi connectivity index (χ4n) is 14.0. The summed E-state index contributed by atoms with van der Waals surface area (Å²) in [4.78, 5) is 72.2. The molecule has 0 spiro atoms. The normalized spacial score (nSPS) is 12.1. The number of carbonyl (C=O) groups is 1. The van der Waals surface area contributed by atoms with Gasteiger partial charge in [-0.05, 0) is 143 Å². The highest BCUT2D eigenvalue weighted by atomic mass is 16.5. The van der Waals surface area contributed by atoms with E-state index in [-0.39, 0.29) is 41.5 Å². The Morgan fingerprint density at radius 2 is 0.832 bits per heavy atom. The minimum atomic E-state index is -1.09. The lowest BCUT2D eigenvalue weighted by atomic mass is 10.1. The van der Waals surface area contributed by atoms with Crippen LogP contribution in [0.2, 0.25) is 0 Å². The monoisotopic (exact) mass is 1880 g/mol. The largest absolute Gasteiger partial charge is 0.495 e. The third-order valence-electron chi connectivity index (χ3n) is 21.4. The molecule has 16 rings (SSSR count). The van der Waals surface area contributed by atoms with Crippen molar-refractivity contribution in [3.63, 3.8) is 0 Å². The van der Waals surface area contributed by atoms with Gasteiger partial charge in [0.25, 0.3) is 0 Å². The number of aliphatic hydroxyl groups is 1. The number of nitrogens with zero attached hydrogens (tertiary/aromatic N) is 25. The number of unbranched alkanes of at least 4 members (excludes halogenated alkanes) is 5. The van der Waals surface area contributed by atoms with Gasteiger partial charge < -0.3 is 86.0 Å². The van der Waals surface area contributed by atoms with Gasteiger partial charge in [0.1, 0.15) is 34.6 Å². The maximum absolute atomic E-state index is 12.4. The Kier molecular flexibility index (Phi) is 37.7. The molecule has 1 fully saturated rings. The highest BCUT2D eigenvalue weighted by Gasteiger charge is 2.26. The van der Waals surface area contributed by atoms with E-state index >= 15 is 0 Å². The summed E-state index contributed by atoms with van der Waals surface area (Å²) in [5.74, 6) is 3.62. The molecule has 1 saturated heterocycles. The van der Waals surface area contributed by atoms with Crippen LogP contribution in [0, 0.1) is 5.92 Å². The zero-order valence-corrected chi connectivity index (χ0v) is 80.1. The number of esters is 1. The Labute approximate surface area is 794 Å². The number of rotatable bonds is 43. The number of fused-ring (bicyclic) bond motifs is 5. The van der Waals surface area contributed by atoms with Crippen molar-refractivity contribution >= 4 is 63.3 Å². The summed E-state index contributed by atoms with van der Waals surface area (Å²) >= 11 is 0. The van der Waals surface area contributed by atoms with Crippen LogP contribution in [0.5, 0.6) is 53.2 Å². The summed E-state index contributed by atoms with van der Waals surface area (Å²) in [5.41, 5.74) is 42.3. The molecule has 1 unspecified atom stereocenters. The number of nitrogens with two attached hydrogens (primary N) is 5. The van der Waals surface area contributed by atoms with E-state index in [0.29, 0.717) is 157 Å². The van der Waals surface area contributed by atoms with Crippen LogP contribution in [0.15, 0.2) is 128 Å². The molecule has 1 atom stereocenters. The summed E-state index contributed by atoms with van der Waals surface area (Å²) in [6, 6.07) is 26.5. The van der Waals surface area contributed by atoms with Crippen LogP contribution in [0.3, 0.4) is 0 Å². The SMILES string of the molecule is CC(C)COc1nc(N)c2ncc(Cc3ccc(CN4CCCC4)cc3)n2n1.CCCCOc1ccc(Cc2cnc3c(N)nc(OCCCC)nn23)cn1.CCCCOc1nc(N)c2ncc(C(O)c3ncccc3OC)n2n1.CCCCOc1nc(N)c2ncc(Cc3ccc(OCCCN(C)C)c(C(=O)OC)c3)n2n1.CCCCOc1nc(N)c2ncc(Cc3ncccc3OC)n2n1. The molecule has 13 aromatic heterocycles. The number of aromatic nitrogens is 23. The van der Waals surface area contributed by atoms with Gasteiger partial charge in [-0.3, -0.25) is 14.9 Å². The van der Waals surface area contributed by atoms with Gasteiger partial charge in [-0.15, -0.1) is 25.5 Å². The van der Waals surface area contributed by atoms with E-state index in [1.54, 1.807) is 80.4 Å². The number of benzene rings is 2. The molecule has 2 aromatic carbocycles. The van der Waals surface area contributed by atoms with Gasteiger partial charge in [-0.25, -0.2) is 57.3 Å². The van der Waals surface area contributed by atoms with E-state index in [4.69, 9.17) is 76.0 Å². The first-order chi connectivity index (χ1) is 66.6. The molecule has 728 valence electrons. The van der Waals surface area contributed by atoms with Gasteiger partial charge in [-0.1, -0.05) is 117 Å². The van der Waals surface area contributed by atoms with Crippen LogP contribution in [-0.4, -0.2) is 235 Å². The van der Waals surface area contributed by atoms with Crippen LogP contribution in [-0.2, 0) is 37.0 Å². The number of aliphatic hydroxyl groups excluding tert-OH is 1. The van der Waals surface area contributed by atoms with Crippen molar-refractivity contribution in [2.24, 2.45) is 5.92 Å². The molecule has 14 heterocycles. The van der Waals surface area contributed by atoms with E-state index in [9.17, 15) is 9.90 Å². The van der Waals surface area contributed by atoms with Crippen molar-refractivity contribution in [2.75, 3.05) is 130 Å². The van der Waals surface area contributed by atoms with Crippen LogP contribution in [0.4, 0.5) is 29.1 Å². The number of anilines is 5. The maximum Gasteiger partial charge on any atom is 0.341 e. The quantitative estimate of drug-likeness (QED) is 0.0153. The minimum Gasteiger partial charge on any atom is -0.495 e. The van der Waals surface area contributed by atoms with Crippen LogP contribution < -0.4 is 71.3 Å². The van der Waals surface area contributed by atoms with Crippen molar-refractivity contribution in [1.29, 1.82) is 0 Å². The first-order valence-electron chi connectivity index (χ1n) is 46.3. The van der Waals surface area contributed by atoms with Gasteiger partial charge in [0.15, 0.2) is 57.3 Å². The Morgan fingerprint density at radius 3 is 1.29 bits per heavy atom. The van der Waals surface area contributed by atoms with Gasteiger partial charge in [-0.2, -0.15) is 24.9 Å². The van der Waals surface area contributed by atoms with Crippen molar-refractivity contribution in [3.8, 4) is 53.2 Å². The molecular weight excluding hydrogens is 1750 g/mol. The van der Waals surface area contributed by atoms with E-state index in [1.165, 1.54) is 62.0 Å². The third-order valence-corrected chi connectivity index (χ3v) is 21.4. The molecule has 42 nitrogen and oxygen atoms in total. The van der Waals surface area contributed by atoms with E-state index in [1.807, 2.05) is 56.8 Å². The molecule has 0 bridgehead atoms. The lowest BCUT2D eigenvalue weighted by Gasteiger charge is -2.14. The Morgan fingerprint density at radius 1 is 0.423 bits per heavy atom. The number of nitrogen functional groups attached to an aromatic ring is 5. The average molecular weight is 1880 g/mol. The number of likely N-dealkylation sites (tertiary alicyclic amines) is 1. The number of methoxy groups -OCH3 is 3. The van der Waals surface area contributed by atoms with Gasteiger partial charge in [0.05, 0.1) is 133 Å². The predicted octanol–water partition coefficient (Wildman–Crippen LogP) is 11.8. The summed E-state index contributed by atoms with van der Waals surface area (Å²) in [7, 11) is 8.51. The second-order valence-corrected chi connectivity index (χ2v) is 33.0. The van der Waals surface area contributed by atoms with E-state index < -0.39 is 12.1 Å². The molecule has 42 heteroatoms. The first kappa shape index (κ1) is 101. The first-order valence-corrected chi connectivity index (χ1v) is 46.3. The molecule has 0 amide bonds. The zero-order chi connectivity index (χ0) is 97.1. The summed E-state index contributed by atoms with van der Waals surface area (Å²) in [6.07, 6.45) is 28.1. The van der Waals surface area contributed by atoms with Gasteiger partial charge in [0, 0.05) is 63.4 Å². The molecule has 1 aliphatic rings. The number of carbonyl (C=O) groups excluding carboxylic acids is 1. The highest BCUT2D eigenvalue weighted by molar-refractivity contribution is 5.92. The van der Waals surface area contributed by atoms with Gasteiger partial charge in [0.2, 0.25) is 5.88 Å². The number of ether oxygens (including phenoxy) is 10. The topological polar surface area (TPSA) is 520 Å². The lowest BCUT2D eigenvalue weighted by molar-refractivity contribution is 0.0595. The zero-order valence-electron chi connectivity index (χ0n) is 80.1. The van der Waals surface area contributed by atoms with Crippen LogP contribution >= 0.6 is 0 Å². The Bertz CT molecular complexity index is 6320. The van der Waals surface area contributed by atoms with Crippen LogP contribution in [0.25, 0.3) is 28.2 Å². The summed E-state index contributed by atoms with van der Waals surface area (Å²) < 4.78 is 63.1. The minimum absolute atomic E-state index is 0.137. The van der Waals surface area contributed by atoms with Crippen molar-refractivity contribution in [1.82, 2.24) is 123 Å². The Hall–Kier alpha value is -14.8. The predicted molar refractivity (Wildman–Crippen MR) is 517 cm³/mol. The van der Waals surface area contributed by atoms with Crippen LogP contribution in [0.1, 0.15) is 211 Å². The molecule has 1 aliphatic heterocycles. The highest BCUT2D eigenvalue weighted by Crippen LogP contribution is 2.32. The molecule has 15 aromatic rings. The van der Waals surface area contributed by atoms with Crippen molar-refractivity contribution in [3.05, 3.63) is 196 Å². The summed E-state index contributed by atoms with van der Waals surface area (Å²) in [5, 5.41) is 32.8. The number of hydrogen-bond donors (Lipinski definition) is 6. The standard InChI is InChI=1S/C23H32N6O4.C21H28N6O.C19H26N6O2.C16H20N6O3.C16H20N6O2/c1-5-6-11-33-23-26-20(24)21-25-15-17(29(21)27-23)13-16-8-9-19(18(14-16)22(30)31-4)32-12-7-10-28(2)3;1-15(2)14-28-21-24-19(22)20-23-12-18(27(20)25-21)11-16-5-7-17(8-6-16)13-26-9-3-4-10-26;1-3-5-9-26-16-8-7-14(12-21-16)11-15-13-22-18-17(20)23-19(24-25(15)18)27-10-6-4-2;1-3-4-8-25-16-20-14(17)15-19-9-10(22(15)21-16)13(23)12-11(24-2)6-5-7-18-12;1-3-4-8-24-16-20-14(17)15-19-10-11(22(15)21-16)9-12-13(23-2)6-5-7-18-12/h8-9,14-15H,5-7,10-13H2,1-4H3,(H2,24,26,27);5-8,12,15H,3-4,9-11,13-14H2,1-2H3,(H2,22,24,25);7-8,12-13H,3-6,9-11H2,1-2H3,(H2,20,23,24);5-7,9,13,23H,3-4,8H2,1-2H3,(H2,17,20,21);5-7,10H,3-4,8-9H2,1-2H3,(H2,17,20,21). The molecule has 137 heavy (non-hydrogen) atoms. The average Bonchev–Trinajstić information content (AvgIpc) is 0.988. The fourth-order valence-corrected chi connectivity index (χ4v) is 14.0. The fraction of sp³-hybridized carbons (Fsp3) is 0.442. The molecule has 0 saturated carbocycles. The molecule has 0 radical (unpaired) electrons. The maximum atomic E-state index is 12.4. The third kappa shape index (κ3) is 28.2. The molecular formula is C95H126N30O12. The summed E-state index contributed by atoms with van der Waals surface area (Å²) in [6.45, 7) is 22.9. The second-order valence-electron chi connectivity index (χ2n) is 33.0. The van der Waals surface area contributed by atoms with Crippen molar-refractivity contribution < 1.29 is 57.3 Å². The van der Waals surface area contributed by atoms with E-state index in [2.05, 4.69) is 173 Å². The number of hydrogen-bond acceptors (Lipinski definition) is 37. The smallest absolute Gasteiger partial charge is 0.341 e. The Balaban J connectivity index is 0.000000154. The van der Waals surface area contributed by atoms with Crippen molar-refractivity contribution in [2.45, 2.75) is 170 Å². The number of pyridine rings is 3. The molecule has 0 aliphatic carbocycles. The van der Waals surface area contributed by atoms with Gasteiger partial charge >= 0.3 is 36.0 Å². The number of imidazole rings is 5. The molecule has 11 N–H and O–H groups in total.